The number of amides is 2. The van der Waals surface area contributed by atoms with E-state index in [1.54, 1.807) is 4.90 Å². The standard InChI is InChI=1S/C12H22N4O3/c13-10(7-11(14)17)12(18)16-2-1-9(8-16)15-3-5-19-6-4-15/h9-10H,1-8,13H2,(H2,14,17). The molecule has 0 aliphatic carbocycles. The molecule has 19 heavy (non-hydrogen) atoms. The van der Waals surface area contributed by atoms with Gasteiger partial charge in [-0.05, 0) is 6.42 Å². The summed E-state index contributed by atoms with van der Waals surface area (Å²) in [5.74, 6) is -0.709. The van der Waals surface area contributed by atoms with Gasteiger partial charge in [0.1, 0.15) is 0 Å². The fraction of sp³-hybridized carbons (Fsp3) is 0.833. The van der Waals surface area contributed by atoms with E-state index in [-0.39, 0.29) is 12.3 Å². The second-order valence-electron chi connectivity index (χ2n) is 5.15. The molecule has 0 aromatic carbocycles. The number of morpholine rings is 1. The van der Waals surface area contributed by atoms with Gasteiger partial charge in [-0.15, -0.1) is 0 Å². The molecule has 2 heterocycles. The lowest BCUT2D eigenvalue weighted by atomic mass is 10.2. The van der Waals surface area contributed by atoms with E-state index in [1.807, 2.05) is 0 Å². The minimum Gasteiger partial charge on any atom is -0.379 e. The number of primary amides is 1. The number of carbonyl (C=O) groups is 2. The zero-order valence-corrected chi connectivity index (χ0v) is 11.1. The van der Waals surface area contributed by atoms with Crippen LogP contribution in [0.15, 0.2) is 0 Å². The second-order valence-corrected chi connectivity index (χ2v) is 5.15. The van der Waals surface area contributed by atoms with E-state index in [0.717, 1.165) is 32.7 Å². The molecule has 2 amide bonds. The van der Waals surface area contributed by atoms with Crippen LogP contribution in [-0.2, 0) is 14.3 Å². The molecule has 0 aromatic heterocycles. The van der Waals surface area contributed by atoms with Gasteiger partial charge in [-0.3, -0.25) is 14.5 Å². The zero-order valence-electron chi connectivity index (χ0n) is 11.1. The van der Waals surface area contributed by atoms with Crippen LogP contribution in [0.5, 0.6) is 0 Å². The molecule has 2 unspecified atom stereocenters. The molecule has 0 saturated carbocycles. The Labute approximate surface area is 112 Å². The highest BCUT2D eigenvalue weighted by Gasteiger charge is 2.33. The molecule has 0 radical (unpaired) electrons. The molecule has 0 bridgehead atoms. The topological polar surface area (TPSA) is 102 Å². The van der Waals surface area contributed by atoms with Gasteiger partial charge in [0.25, 0.3) is 0 Å². The van der Waals surface area contributed by atoms with E-state index < -0.39 is 11.9 Å². The summed E-state index contributed by atoms with van der Waals surface area (Å²) in [7, 11) is 0. The van der Waals surface area contributed by atoms with E-state index in [9.17, 15) is 9.59 Å². The highest BCUT2D eigenvalue weighted by Crippen LogP contribution is 2.17. The van der Waals surface area contributed by atoms with Gasteiger partial charge in [-0.25, -0.2) is 0 Å². The predicted molar refractivity (Wildman–Crippen MR) is 69.2 cm³/mol. The van der Waals surface area contributed by atoms with Gasteiger partial charge in [0.15, 0.2) is 0 Å². The van der Waals surface area contributed by atoms with Crippen molar-refractivity contribution in [1.82, 2.24) is 9.80 Å². The normalized spacial score (nSPS) is 26.4. The number of nitrogens with zero attached hydrogens (tertiary/aromatic N) is 2. The Kier molecular flexibility index (Phi) is 4.73. The van der Waals surface area contributed by atoms with Gasteiger partial charge >= 0.3 is 0 Å². The number of carbonyl (C=O) groups excluding carboxylic acids is 2. The van der Waals surface area contributed by atoms with E-state index in [0.29, 0.717) is 19.1 Å². The summed E-state index contributed by atoms with van der Waals surface area (Å²) >= 11 is 0. The fourth-order valence-electron chi connectivity index (χ4n) is 2.72. The third-order valence-electron chi connectivity index (χ3n) is 3.78. The third kappa shape index (κ3) is 3.65. The number of nitrogens with two attached hydrogens (primary N) is 2. The Hall–Kier alpha value is -1.18. The van der Waals surface area contributed by atoms with Gasteiger partial charge in [0.2, 0.25) is 11.8 Å². The third-order valence-corrected chi connectivity index (χ3v) is 3.78. The molecular weight excluding hydrogens is 248 g/mol. The minimum atomic E-state index is -0.805. The lowest BCUT2D eigenvalue weighted by Gasteiger charge is -2.32. The lowest BCUT2D eigenvalue weighted by molar-refractivity contribution is -0.133. The molecule has 7 heteroatoms. The molecule has 2 atom stereocenters. The van der Waals surface area contributed by atoms with Crippen LogP contribution < -0.4 is 11.5 Å². The first-order chi connectivity index (χ1) is 9.08. The van der Waals surface area contributed by atoms with Crippen LogP contribution in [0.3, 0.4) is 0 Å². The quantitative estimate of drug-likeness (QED) is 0.622. The number of hydrogen-bond acceptors (Lipinski definition) is 5. The van der Waals surface area contributed by atoms with Gasteiger partial charge in [-0.2, -0.15) is 0 Å². The first-order valence-electron chi connectivity index (χ1n) is 6.72. The van der Waals surface area contributed by atoms with E-state index in [1.165, 1.54) is 0 Å². The van der Waals surface area contributed by atoms with Crippen LogP contribution in [0, 0.1) is 0 Å². The van der Waals surface area contributed by atoms with Gasteiger partial charge < -0.3 is 21.1 Å². The Morgan fingerprint density at radius 1 is 1.26 bits per heavy atom. The summed E-state index contributed by atoms with van der Waals surface area (Å²) in [5.41, 5.74) is 10.8. The lowest BCUT2D eigenvalue weighted by Crippen LogP contribution is -2.48. The average Bonchev–Trinajstić information content (AvgIpc) is 2.87. The van der Waals surface area contributed by atoms with Gasteiger partial charge in [0, 0.05) is 32.2 Å². The van der Waals surface area contributed by atoms with Crippen LogP contribution in [-0.4, -0.2) is 73.1 Å². The Balaban J connectivity index is 1.83. The summed E-state index contributed by atoms with van der Waals surface area (Å²) in [6.45, 7) is 4.73. The first kappa shape index (κ1) is 14.2. The molecule has 7 nitrogen and oxygen atoms in total. The van der Waals surface area contributed by atoms with E-state index >= 15 is 0 Å². The number of rotatable bonds is 4. The predicted octanol–water partition coefficient (Wildman–Crippen LogP) is -1.88. The van der Waals surface area contributed by atoms with Crippen molar-refractivity contribution in [3.63, 3.8) is 0 Å². The van der Waals surface area contributed by atoms with Crippen molar-refractivity contribution in [2.75, 3.05) is 39.4 Å². The van der Waals surface area contributed by atoms with Crippen molar-refractivity contribution in [3.8, 4) is 0 Å². The number of hydrogen-bond donors (Lipinski definition) is 2. The molecule has 2 aliphatic rings. The summed E-state index contributed by atoms with van der Waals surface area (Å²) < 4.78 is 5.32. The zero-order chi connectivity index (χ0) is 13.8. The Morgan fingerprint density at radius 3 is 2.58 bits per heavy atom. The van der Waals surface area contributed by atoms with Crippen LogP contribution in [0.4, 0.5) is 0 Å². The summed E-state index contributed by atoms with van der Waals surface area (Å²) in [6.07, 6.45) is 0.868. The molecule has 2 rings (SSSR count). The van der Waals surface area contributed by atoms with Crippen LogP contribution >= 0.6 is 0 Å². The van der Waals surface area contributed by atoms with E-state index in [2.05, 4.69) is 4.90 Å². The highest BCUT2D eigenvalue weighted by atomic mass is 16.5. The number of ether oxygens (including phenoxy) is 1. The monoisotopic (exact) mass is 270 g/mol. The van der Waals surface area contributed by atoms with Gasteiger partial charge in [0.05, 0.1) is 25.7 Å². The first-order valence-corrected chi connectivity index (χ1v) is 6.72. The summed E-state index contributed by atoms with van der Waals surface area (Å²) in [4.78, 5) is 27.0. The molecular formula is C12H22N4O3. The Bertz CT molecular complexity index is 344. The molecule has 2 saturated heterocycles. The van der Waals surface area contributed by atoms with Crippen molar-refractivity contribution >= 4 is 11.8 Å². The maximum absolute atomic E-state index is 12.1. The van der Waals surface area contributed by atoms with Crippen molar-refractivity contribution in [2.24, 2.45) is 11.5 Å². The maximum atomic E-state index is 12.1. The molecule has 2 aliphatic heterocycles. The average molecular weight is 270 g/mol. The largest absolute Gasteiger partial charge is 0.379 e. The molecule has 2 fully saturated rings. The minimum absolute atomic E-state index is 0.0858. The molecule has 0 aromatic rings. The fourth-order valence-corrected chi connectivity index (χ4v) is 2.72. The van der Waals surface area contributed by atoms with Crippen molar-refractivity contribution in [2.45, 2.75) is 24.9 Å². The second kappa shape index (κ2) is 6.31. The van der Waals surface area contributed by atoms with Crippen LogP contribution in [0.25, 0.3) is 0 Å². The molecule has 4 N–H and O–H groups in total. The van der Waals surface area contributed by atoms with Crippen molar-refractivity contribution in [3.05, 3.63) is 0 Å². The SMILES string of the molecule is NC(=O)CC(N)C(=O)N1CCC(N2CCOCC2)C1. The van der Waals surface area contributed by atoms with Crippen molar-refractivity contribution < 1.29 is 14.3 Å². The van der Waals surface area contributed by atoms with Crippen LogP contribution in [0.2, 0.25) is 0 Å². The highest BCUT2D eigenvalue weighted by molar-refractivity contribution is 5.87. The maximum Gasteiger partial charge on any atom is 0.240 e. The molecule has 0 spiro atoms. The summed E-state index contributed by atoms with van der Waals surface area (Å²) in [6, 6.07) is -0.422. The van der Waals surface area contributed by atoms with Gasteiger partial charge in [-0.1, -0.05) is 0 Å². The van der Waals surface area contributed by atoms with Crippen LogP contribution in [0.1, 0.15) is 12.8 Å². The smallest absolute Gasteiger partial charge is 0.240 e. The van der Waals surface area contributed by atoms with E-state index in [4.69, 9.17) is 16.2 Å². The molecule has 108 valence electrons. The Morgan fingerprint density at radius 2 is 1.95 bits per heavy atom. The number of likely N-dealkylation sites (tertiary alicyclic amines) is 1. The summed E-state index contributed by atoms with van der Waals surface area (Å²) in [5, 5.41) is 0. The van der Waals surface area contributed by atoms with Crippen molar-refractivity contribution in [1.29, 1.82) is 0 Å².